The lowest BCUT2D eigenvalue weighted by Gasteiger charge is -2.06. The molecule has 4 aromatic rings. The number of carbonyl (C=O) groups is 2. The Morgan fingerprint density at radius 2 is 1.85 bits per heavy atom. The number of hydrogen-bond acceptors (Lipinski definition) is 7. The number of nitro benzene ring substituents is 1. The van der Waals surface area contributed by atoms with Crippen molar-refractivity contribution in [2.75, 3.05) is 0 Å². The van der Waals surface area contributed by atoms with E-state index >= 15 is 0 Å². The molecule has 5 rings (SSSR count). The number of nitro groups is 1. The third kappa shape index (κ3) is 3.97. The number of esters is 1. The van der Waals surface area contributed by atoms with Crippen molar-refractivity contribution in [2.24, 2.45) is 0 Å². The van der Waals surface area contributed by atoms with Crippen LogP contribution < -0.4 is 9.47 Å². The Hall–Kier alpha value is -4.24. The number of Topliss-reactive ketones (excluding diaryl/α,β-unsaturated/α-hetero) is 1. The fraction of sp³-hybridized carbons (Fsp3) is 0.0400. The second kappa shape index (κ2) is 8.27. The van der Waals surface area contributed by atoms with Gasteiger partial charge in [0.15, 0.2) is 5.76 Å². The molecule has 1 aromatic heterocycles. The van der Waals surface area contributed by atoms with Crippen molar-refractivity contribution in [2.45, 2.75) is 6.92 Å². The number of non-ortho nitro benzene ring substituents is 1. The lowest BCUT2D eigenvalue weighted by Crippen LogP contribution is -2.07. The van der Waals surface area contributed by atoms with Crippen LogP contribution in [0.5, 0.6) is 11.5 Å². The van der Waals surface area contributed by atoms with Gasteiger partial charge >= 0.3 is 5.97 Å². The normalized spacial score (nSPS) is 13.7. The van der Waals surface area contributed by atoms with E-state index in [2.05, 4.69) is 15.9 Å². The molecule has 0 saturated carbocycles. The number of halogens is 1. The number of aryl methyl sites for hydroxylation is 1. The second-order valence-corrected chi connectivity index (χ2v) is 8.50. The molecular formula is C25H14BrNO7. The summed E-state index contributed by atoms with van der Waals surface area (Å²) >= 11 is 3.38. The van der Waals surface area contributed by atoms with Gasteiger partial charge in [-0.05, 0) is 66.6 Å². The van der Waals surface area contributed by atoms with E-state index in [9.17, 15) is 19.7 Å². The highest BCUT2D eigenvalue weighted by molar-refractivity contribution is 9.10. The van der Waals surface area contributed by atoms with Gasteiger partial charge in [-0.25, -0.2) is 4.79 Å². The molecule has 0 amide bonds. The quantitative estimate of drug-likeness (QED) is 0.103. The standard InChI is InChI=1S/C25H14BrNO7/c1-13-8-18(32-25(29)22-11-15-10-16(26)4-7-19(15)33-22)12-20-23(13)24(28)21(34-20)9-14-2-5-17(6-3-14)27(30)31/h2-12H,1H3/b21-9-. The van der Waals surface area contributed by atoms with Gasteiger partial charge in [0.25, 0.3) is 5.69 Å². The van der Waals surface area contributed by atoms with Gasteiger partial charge in [0.1, 0.15) is 17.1 Å². The van der Waals surface area contributed by atoms with Crippen LogP contribution in [0.1, 0.15) is 32.0 Å². The predicted octanol–water partition coefficient (Wildman–Crippen LogP) is 6.25. The summed E-state index contributed by atoms with van der Waals surface area (Å²) in [6.45, 7) is 1.71. The molecule has 0 radical (unpaired) electrons. The zero-order valence-electron chi connectivity index (χ0n) is 17.5. The number of benzene rings is 3. The minimum absolute atomic E-state index is 0.0435. The van der Waals surface area contributed by atoms with E-state index < -0.39 is 10.9 Å². The monoisotopic (exact) mass is 519 g/mol. The molecule has 0 N–H and O–H groups in total. The van der Waals surface area contributed by atoms with Gasteiger partial charge in [-0.3, -0.25) is 14.9 Å². The molecule has 1 aliphatic heterocycles. The van der Waals surface area contributed by atoms with Crippen LogP contribution in [0.3, 0.4) is 0 Å². The topological polar surface area (TPSA) is 109 Å². The van der Waals surface area contributed by atoms with E-state index in [1.54, 1.807) is 31.2 Å². The number of hydrogen-bond donors (Lipinski definition) is 0. The number of nitrogens with zero attached hydrogens (tertiary/aromatic N) is 1. The van der Waals surface area contributed by atoms with E-state index in [4.69, 9.17) is 13.9 Å². The first-order valence-corrected chi connectivity index (χ1v) is 10.8. The van der Waals surface area contributed by atoms with Crippen LogP contribution in [0.15, 0.2) is 75.3 Å². The Kier molecular flexibility index (Phi) is 5.25. The molecule has 168 valence electrons. The van der Waals surface area contributed by atoms with Crippen LogP contribution in [-0.2, 0) is 0 Å². The molecule has 8 nitrogen and oxygen atoms in total. The van der Waals surface area contributed by atoms with Gasteiger partial charge in [0.2, 0.25) is 11.5 Å². The van der Waals surface area contributed by atoms with Crippen LogP contribution in [0.4, 0.5) is 5.69 Å². The van der Waals surface area contributed by atoms with Crippen LogP contribution in [-0.4, -0.2) is 16.7 Å². The van der Waals surface area contributed by atoms with E-state index in [1.807, 2.05) is 6.07 Å². The summed E-state index contributed by atoms with van der Waals surface area (Å²) in [7, 11) is 0. The minimum Gasteiger partial charge on any atom is -0.452 e. The van der Waals surface area contributed by atoms with Crippen molar-refractivity contribution < 1.29 is 28.4 Å². The number of fused-ring (bicyclic) bond motifs is 2. The molecule has 0 spiro atoms. The molecule has 0 fully saturated rings. The first-order chi connectivity index (χ1) is 16.3. The summed E-state index contributed by atoms with van der Waals surface area (Å²) in [5.41, 5.74) is 2.01. The van der Waals surface area contributed by atoms with Crippen LogP contribution >= 0.6 is 15.9 Å². The number of ether oxygens (including phenoxy) is 2. The Morgan fingerprint density at radius 1 is 1.09 bits per heavy atom. The molecule has 0 unspecified atom stereocenters. The molecule has 3 aromatic carbocycles. The Labute approximate surface area is 200 Å². The molecule has 0 atom stereocenters. The average molecular weight is 520 g/mol. The maximum atomic E-state index is 12.9. The highest BCUT2D eigenvalue weighted by atomic mass is 79.9. The van der Waals surface area contributed by atoms with Gasteiger partial charge in [-0.15, -0.1) is 0 Å². The summed E-state index contributed by atoms with van der Waals surface area (Å²) in [5, 5.41) is 11.6. The van der Waals surface area contributed by atoms with Gasteiger partial charge in [-0.2, -0.15) is 0 Å². The molecule has 1 aliphatic rings. The lowest BCUT2D eigenvalue weighted by molar-refractivity contribution is -0.384. The Morgan fingerprint density at radius 3 is 2.59 bits per heavy atom. The van der Waals surface area contributed by atoms with Gasteiger partial charge in [0, 0.05) is 28.1 Å². The molecular weight excluding hydrogens is 506 g/mol. The van der Waals surface area contributed by atoms with Crippen molar-refractivity contribution in [3.05, 3.63) is 103 Å². The lowest BCUT2D eigenvalue weighted by atomic mass is 10.0. The summed E-state index contributed by atoms with van der Waals surface area (Å²) in [6.07, 6.45) is 1.50. The van der Waals surface area contributed by atoms with E-state index in [0.29, 0.717) is 22.3 Å². The third-order valence-electron chi connectivity index (χ3n) is 5.24. The fourth-order valence-corrected chi connectivity index (χ4v) is 4.03. The number of carbonyl (C=O) groups excluding carboxylic acids is 2. The van der Waals surface area contributed by atoms with Crippen molar-refractivity contribution in [3.63, 3.8) is 0 Å². The smallest absolute Gasteiger partial charge is 0.379 e. The summed E-state index contributed by atoms with van der Waals surface area (Å²) < 4.78 is 17.6. The highest BCUT2D eigenvalue weighted by Gasteiger charge is 2.30. The maximum Gasteiger partial charge on any atom is 0.379 e. The zero-order chi connectivity index (χ0) is 24.0. The predicted molar refractivity (Wildman–Crippen MR) is 126 cm³/mol. The summed E-state index contributed by atoms with van der Waals surface area (Å²) in [5.74, 6) is -0.439. The largest absolute Gasteiger partial charge is 0.452 e. The Bertz CT molecular complexity index is 1530. The molecule has 34 heavy (non-hydrogen) atoms. The number of allylic oxidation sites excluding steroid dienone is 1. The van der Waals surface area contributed by atoms with Gasteiger partial charge < -0.3 is 13.9 Å². The Balaban J connectivity index is 1.39. The average Bonchev–Trinajstić information content (AvgIpc) is 3.35. The van der Waals surface area contributed by atoms with E-state index in [1.165, 1.54) is 36.4 Å². The molecule has 9 heteroatoms. The van der Waals surface area contributed by atoms with Crippen LogP contribution in [0.25, 0.3) is 17.0 Å². The number of rotatable bonds is 4. The number of furan rings is 1. The first-order valence-electron chi connectivity index (χ1n) is 10.0. The minimum atomic E-state index is -0.683. The van der Waals surface area contributed by atoms with Gasteiger partial charge in [-0.1, -0.05) is 15.9 Å². The van der Waals surface area contributed by atoms with E-state index in [-0.39, 0.29) is 34.5 Å². The van der Waals surface area contributed by atoms with E-state index in [0.717, 1.165) is 9.86 Å². The summed E-state index contributed by atoms with van der Waals surface area (Å²) in [6, 6.07) is 15.8. The van der Waals surface area contributed by atoms with Crippen LogP contribution in [0.2, 0.25) is 0 Å². The van der Waals surface area contributed by atoms with Crippen molar-refractivity contribution in [3.8, 4) is 11.5 Å². The van der Waals surface area contributed by atoms with Crippen LogP contribution in [0, 0.1) is 17.0 Å². The zero-order valence-corrected chi connectivity index (χ0v) is 19.1. The summed E-state index contributed by atoms with van der Waals surface area (Å²) in [4.78, 5) is 35.8. The highest BCUT2D eigenvalue weighted by Crippen LogP contribution is 2.38. The second-order valence-electron chi connectivity index (χ2n) is 7.58. The molecule has 0 saturated heterocycles. The molecule has 2 heterocycles. The molecule has 0 aliphatic carbocycles. The SMILES string of the molecule is Cc1cc(OC(=O)c2cc3cc(Br)ccc3o2)cc2c1C(=O)/C(=C/c1ccc([N+](=O)[O-])cc1)O2. The van der Waals surface area contributed by atoms with Crippen molar-refractivity contribution in [1.29, 1.82) is 0 Å². The molecule has 0 bridgehead atoms. The fourth-order valence-electron chi connectivity index (χ4n) is 3.65. The van der Waals surface area contributed by atoms with Crippen molar-refractivity contribution >= 4 is 50.4 Å². The number of ketones is 1. The third-order valence-corrected chi connectivity index (χ3v) is 5.73. The first kappa shape index (κ1) is 21.6. The van der Waals surface area contributed by atoms with Gasteiger partial charge in [0.05, 0.1) is 10.5 Å². The maximum absolute atomic E-state index is 12.9. The van der Waals surface area contributed by atoms with Crippen molar-refractivity contribution in [1.82, 2.24) is 0 Å².